The molecule has 0 bridgehead atoms. The van der Waals surface area contributed by atoms with Gasteiger partial charge in [-0.15, -0.1) is 0 Å². The molecule has 0 saturated heterocycles. The number of hydrogen-bond acceptors (Lipinski definition) is 4. The zero-order chi connectivity index (χ0) is 27.2. The van der Waals surface area contributed by atoms with Gasteiger partial charge in [-0.25, -0.2) is 4.79 Å². The summed E-state index contributed by atoms with van der Waals surface area (Å²) in [6, 6.07) is 20.6. The smallest absolute Gasteiger partial charge is 0.428 e. The minimum atomic E-state index is -4.70. The third kappa shape index (κ3) is 6.57. The lowest BCUT2D eigenvalue weighted by Crippen LogP contribution is -2.50. The zero-order valence-corrected chi connectivity index (χ0v) is 21.8. The highest BCUT2D eigenvalue weighted by Gasteiger charge is 2.44. The molecular weight excluding hydrogens is 615 g/mol. The number of carbonyl (C=O) groups is 1. The number of ether oxygens (including phenoxy) is 1. The van der Waals surface area contributed by atoms with Gasteiger partial charge < -0.3 is 15.4 Å². The van der Waals surface area contributed by atoms with Crippen molar-refractivity contribution in [2.45, 2.75) is 24.5 Å². The number of carbonyl (C=O) groups excluding carboxylic acids is 1. The number of nitrogens with zero attached hydrogens (tertiary/aromatic N) is 2. The van der Waals surface area contributed by atoms with E-state index >= 15 is 0 Å². The van der Waals surface area contributed by atoms with Crippen LogP contribution in [-0.4, -0.2) is 28.5 Å². The molecule has 1 atom stereocenters. The number of amides is 2. The van der Waals surface area contributed by atoms with Crippen LogP contribution in [0, 0.1) is 3.57 Å². The maximum atomic E-state index is 13.8. The summed E-state index contributed by atoms with van der Waals surface area (Å²) in [5, 5.41) is 5.67. The molecule has 0 aliphatic rings. The quantitative estimate of drug-likeness (QED) is 0.160. The molecule has 11 heteroatoms. The lowest BCUT2D eigenvalue weighted by molar-refractivity contribution is -0.253. The number of halogens is 5. The molecule has 0 aliphatic carbocycles. The first kappa shape index (κ1) is 27.3. The Morgan fingerprint density at radius 1 is 0.974 bits per heavy atom. The normalized spacial score (nSPS) is 13.0. The Kier molecular flexibility index (Phi) is 8.45. The summed E-state index contributed by atoms with van der Waals surface area (Å²) in [5.74, 6) is -0.495. The highest BCUT2D eigenvalue weighted by molar-refractivity contribution is 14.1. The fraction of sp³-hybridized carbons (Fsp3) is 0.148. The summed E-state index contributed by atoms with van der Waals surface area (Å²) in [6.45, 7) is 0. The van der Waals surface area contributed by atoms with Crippen molar-refractivity contribution in [3.63, 3.8) is 0 Å². The van der Waals surface area contributed by atoms with Gasteiger partial charge in [0.25, 0.3) is 0 Å². The Morgan fingerprint density at radius 3 is 2.42 bits per heavy atom. The van der Waals surface area contributed by atoms with Crippen LogP contribution in [0.4, 0.5) is 28.0 Å². The Labute approximate surface area is 229 Å². The number of anilines is 1. The number of benzene rings is 2. The Balaban J connectivity index is 1.84. The fourth-order valence-electron chi connectivity index (χ4n) is 3.87. The topological polar surface area (TPSA) is 76.1 Å². The predicted molar refractivity (Wildman–Crippen MR) is 142 cm³/mol. The Hall–Kier alpha value is -3.74. The van der Waals surface area contributed by atoms with Crippen LogP contribution in [-0.2, 0) is 12.0 Å². The maximum Gasteiger partial charge on any atom is 0.461 e. The molecule has 0 saturated carbocycles. The number of alkyl halides is 4. The van der Waals surface area contributed by atoms with Gasteiger partial charge in [0.05, 0.1) is 17.6 Å². The number of aromatic nitrogens is 2. The third-order valence-corrected chi connectivity index (χ3v) is 6.20. The first-order valence-electron chi connectivity index (χ1n) is 11.3. The highest BCUT2D eigenvalue weighted by Crippen LogP contribution is 2.36. The average Bonchev–Trinajstić information content (AvgIpc) is 2.89. The molecule has 4 rings (SSSR count). The molecule has 0 aliphatic heterocycles. The van der Waals surface area contributed by atoms with Gasteiger partial charge in [0.1, 0.15) is 11.3 Å². The lowest BCUT2D eigenvalue weighted by Gasteiger charge is -2.35. The maximum absolute atomic E-state index is 13.8. The average molecular weight is 636 g/mol. The van der Waals surface area contributed by atoms with Crippen LogP contribution in [0.5, 0.6) is 5.75 Å². The van der Waals surface area contributed by atoms with Gasteiger partial charge in [0.2, 0.25) is 0 Å². The van der Waals surface area contributed by atoms with E-state index in [1.807, 2.05) is 30.3 Å². The molecule has 2 aromatic carbocycles. The molecule has 196 valence electrons. The van der Waals surface area contributed by atoms with Crippen LogP contribution in [0.25, 0.3) is 0 Å². The van der Waals surface area contributed by atoms with Crippen molar-refractivity contribution in [3.05, 3.63) is 118 Å². The van der Waals surface area contributed by atoms with E-state index in [-0.39, 0.29) is 6.42 Å². The van der Waals surface area contributed by atoms with E-state index in [1.165, 1.54) is 18.3 Å². The molecule has 2 aromatic heterocycles. The van der Waals surface area contributed by atoms with Gasteiger partial charge in [-0.2, -0.15) is 17.6 Å². The Bertz CT molecular complexity index is 1360. The Morgan fingerprint density at radius 2 is 1.76 bits per heavy atom. The summed E-state index contributed by atoms with van der Waals surface area (Å²) in [4.78, 5) is 21.8. The molecule has 0 unspecified atom stereocenters. The minimum absolute atomic E-state index is 0.149. The predicted octanol–water partition coefficient (Wildman–Crippen LogP) is 6.63. The molecule has 2 N–H and O–H groups in total. The van der Waals surface area contributed by atoms with E-state index in [1.54, 1.807) is 42.7 Å². The van der Waals surface area contributed by atoms with Crippen molar-refractivity contribution in [3.8, 4) is 5.75 Å². The van der Waals surface area contributed by atoms with Crippen molar-refractivity contribution < 1.29 is 27.1 Å². The van der Waals surface area contributed by atoms with Gasteiger partial charge in [-0.05, 0) is 70.1 Å². The van der Waals surface area contributed by atoms with Crippen LogP contribution >= 0.6 is 22.6 Å². The molecule has 0 radical (unpaired) electrons. The van der Waals surface area contributed by atoms with Gasteiger partial charge in [-0.3, -0.25) is 9.97 Å². The van der Waals surface area contributed by atoms with Crippen LogP contribution in [0.1, 0.15) is 16.8 Å². The summed E-state index contributed by atoms with van der Waals surface area (Å²) in [6.07, 6.45) is -3.96. The number of nitrogens with one attached hydrogen (secondary N) is 2. The number of hydrogen-bond donors (Lipinski definition) is 2. The van der Waals surface area contributed by atoms with E-state index in [0.717, 1.165) is 15.2 Å². The second-order valence-corrected chi connectivity index (χ2v) is 9.49. The van der Waals surface area contributed by atoms with Gasteiger partial charge in [0, 0.05) is 22.4 Å². The molecule has 6 nitrogen and oxygen atoms in total. The van der Waals surface area contributed by atoms with Crippen LogP contribution in [0.15, 0.2) is 97.5 Å². The standard InChI is InChI=1S/C27H21F4IN4O2/c28-24(29)27(30,31)38-22-10-4-8-19(14-22)26(15-18-6-2-1-3-7-18,23-12-11-20(32)16-34-23)36-25(37)35-21-9-5-13-33-17-21/h1-14,16-17,24H,15H2,(H2,35,36,37)/t26-/m0/s1. The van der Waals surface area contributed by atoms with Crippen molar-refractivity contribution in [2.75, 3.05) is 5.32 Å². The van der Waals surface area contributed by atoms with Gasteiger partial charge in [-0.1, -0.05) is 42.5 Å². The van der Waals surface area contributed by atoms with Crippen molar-refractivity contribution in [1.29, 1.82) is 0 Å². The number of urea groups is 1. The second-order valence-electron chi connectivity index (χ2n) is 8.24. The van der Waals surface area contributed by atoms with Crippen molar-refractivity contribution in [2.24, 2.45) is 0 Å². The SMILES string of the molecule is O=C(Nc1cccnc1)N[C@@](Cc1ccccc1)(c1cccc(OC(F)(F)C(F)F)c1)c1ccc(I)cn1. The minimum Gasteiger partial charge on any atom is -0.428 e. The fourth-order valence-corrected chi connectivity index (χ4v) is 4.19. The van der Waals surface area contributed by atoms with E-state index in [2.05, 4.69) is 47.9 Å². The molecule has 38 heavy (non-hydrogen) atoms. The summed E-state index contributed by atoms with van der Waals surface area (Å²) < 4.78 is 58.4. The summed E-state index contributed by atoms with van der Waals surface area (Å²) in [7, 11) is 0. The largest absolute Gasteiger partial charge is 0.461 e. The van der Waals surface area contributed by atoms with Gasteiger partial charge >= 0.3 is 18.6 Å². The first-order chi connectivity index (χ1) is 18.2. The van der Waals surface area contributed by atoms with E-state index < -0.39 is 29.9 Å². The van der Waals surface area contributed by atoms with E-state index in [9.17, 15) is 22.4 Å². The first-order valence-corrected chi connectivity index (χ1v) is 12.4. The monoisotopic (exact) mass is 636 g/mol. The number of pyridine rings is 2. The van der Waals surface area contributed by atoms with E-state index in [4.69, 9.17) is 0 Å². The third-order valence-electron chi connectivity index (χ3n) is 5.56. The molecule has 2 amide bonds. The van der Waals surface area contributed by atoms with Gasteiger partial charge in [0.15, 0.2) is 0 Å². The van der Waals surface area contributed by atoms with Crippen LogP contribution in [0.3, 0.4) is 0 Å². The summed E-state index contributed by atoms with van der Waals surface area (Å²) >= 11 is 2.09. The van der Waals surface area contributed by atoms with Crippen molar-refractivity contribution >= 4 is 34.3 Å². The zero-order valence-electron chi connectivity index (χ0n) is 19.6. The highest BCUT2D eigenvalue weighted by atomic mass is 127. The molecule has 2 heterocycles. The van der Waals surface area contributed by atoms with Crippen molar-refractivity contribution in [1.82, 2.24) is 15.3 Å². The van der Waals surface area contributed by atoms with Crippen LogP contribution < -0.4 is 15.4 Å². The van der Waals surface area contributed by atoms with Crippen LogP contribution in [0.2, 0.25) is 0 Å². The molecule has 4 aromatic rings. The lowest BCUT2D eigenvalue weighted by atomic mass is 9.80. The molecular formula is C27H21F4IN4O2. The number of rotatable bonds is 9. The molecule has 0 fully saturated rings. The molecule has 0 spiro atoms. The second kappa shape index (κ2) is 11.8. The van der Waals surface area contributed by atoms with E-state index in [0.29, 0.717) is 16.9 Å². The summed E-state index contributed by atoms with van der Waals surface area (Å²) in [5.41, 5.74) is 0.471.